The molecule has 2 aromatic rings. The summed E-state index contributed by atoms with van der Waals surface area (Å²) in [6, 6.07) is 2.17. The van der Waals surface area contributed by atoms with Crippen molar-refractivity contribution in [2.75, 3.05) is 25.6 Å². The summed E-state index contributed by atoms with van der Waals surface area (Å²) in [4.78, 5) is 17.1. The number of methoxy groups -OCH3 is 1. The van der Waals surface area contributed by atoms with Crippen LogP contribution in [-0.2, 0) is 19.7 Å². The highest BCUT2D eigenvalue weighted by atomic mass is 35.5. The Hall–Kier alpha value is -1.63. The number of anilines is 1. The van der Waals surface area contributed by atoms with Crippen LogP contribution in [0.4, 0.5) is 10.1 Å². The zero-order valence-corrected chi connectivity index (χ0v) is 17.9. The third kappa shape index (κ3) is 5.30. The SMILES string of the molecule is COCCCN1[C@@H](C(=O)Nc2ccc(F)c(Cl)c2)C[C@@H](c2nccs2)NS1(=O)=O. The van der Waals surface area contributed by atoms with Crippen molar-refractivity contribution in [2.24, 2.45) is 0 Å². The number of thiazole rings is 1. The van der Waals surface area contributed by atoms with E-state index in [-0.39, 0.29) is 23.7 Å². The van der Waals surface area contributed by atoms with E-state index in [4.69, 9.17) is 16.3 Å². The van der Waals surface area contributed by atoms with Gasteiger partial charge in [-0.1, -0.05) is 11.6 Å². The Morgan fingerprint density at radius 2 is 2.31 bits per heavy atom. The summed E-state index contributed by atoms with van der Waals surface area (Å²) in [5.41, 5.74) is 0.278. The molecule has 0 radical (unpaired) electrons. The molecule has 3 rings (SSSR count). The molecule has 12 heteroatoms. The van der Waals surface area contributed by atoms with Crippen LogP contribution in [0.15, 0.2) is 29.8 Å². The number of hydrogen-bond acceptors (Lipinski definition) is 6. The van der Waals surface area contributed by atoms with Gasteiger partial charge in [0.25, 0.3) is 10.2 Å². The van der Waals surface area contributed by atoms with E-state index in [0.29, 0.717) is 18.0 Å². The molecule has 1 amide bonds. The van der Waals surface area contributed by atoms with Crippen LogP contribution < -0.4 is 10.0 Å². The predicted octanol–water partition coefficient (Wildman–Crippen LogP) is 2.56. The lowest BCUT2D eigenvalue weighted by atomic mass is 10.1. The van der Waals surface area contributed by atoms with Gasteiger partial charge < -0.3 is 10.1 Å². The average molecular weight is 463 g/mol. The number of nitrogens with zero attached hydrogens (tertiary/aromatic N) is 2. The summed E-state index contributed by atoms with van der Waals surface area (Å²) in [5.74, 6) is -1.14. The Morgan fingerprint density at radius 3 is 2.97 bits per heavy atom. The molecule has 2 atom stereocenters. The maximum atomic E-state index is 13.4. The van der Waals surface area contributed by atoms with E-state index in [2.05, 4.69) is 15.0 Å². The minimum Gasteiger partial charge on any atom is -0.385 e. The van der Waals surface area contributed by atoms with Crippen molar-refractivity contribution in [3.8, 4) is 0 Å². The van der Waals surface area contributed by atoms with Crippen LogP contribution in [0.1, 0.15) is 23.9 Å². The Bertz CT molecular complexity index is 958. The smallest absolute Gasteiger partial charge is 0.280 e. The van der Waals surface area contributed by atoms with Crippen molar-refractivity contribution >= 4 is 44.7 Å². The van der Waals surface area contributed by atoms with Crippen molar-refractivity contribution in [1.29, 1.82) is 0 Å². The quantitative estimate of drug-likeness (QED) is 0.616. The second kappa shape index (κ2) is 9.45. The van der Waals surface area contributed by atoms with Gasteiger partial charge in [-0.05, 0) is 31.0 Å². The first-order chi connectivity index (χ1) is 13.8. The molecule has 2 N–H and O–H groups in total. The molecule has 2 heterocycles. The van der Waals surface area contributed by atoms with E-state index < -0.39 is 34.0 Å². The molecule has 0 aliphatic carbocycles. The highest BCUT2D eigenvalue weighted by molar-refractivity contribution is 7.87. The molecule has 158 valence electrons. The van der Waals surface area contributed by atoms with Crippen LogP contribution in [-0.4, -0.2) is 49.9 Å². The lowest BCUT2D eigenvalue weighted by Crippen LogP contribution is -2.58. The van der Waals surface area contributed by atoms with E-state index in [1.54, 1.807) is 11.6 Å². The Kier molecular flexibility index (Phi) is 7.19. The number of hydrogen-bond donors (Lipinski definition) is 2. The van der Waals surface area contributed by atoms with E-state index >= 15 is 0 Å². The third-order valence-corrected chi connectivity index (χ3v) is 7.19. The van der Waals surface area contributed by atoms with Gasteiger partial charge in [-0.15, -0.1) is 11.3 Å². The molecule has 8 nitrogen and oxygen atoms in total. The summed E-state index contributed by atoms with van der Waals surface area (Å²) in [5, 5.41) is 4.81. The van der Waals surface area contributed by atoms with Gasteiger partial charge in [-0.25, -0.2) is 9.37 Å². The van der Waals surface area contributed by atoms with Crippen molar-refractivity contribution in [3.63, 3.8) is 0 Å². The first kappa shape index (κ1) is 22.1. The first-order valence-electron chi connectivity index (χ1n) is 8.75. The molecule has 0 unspecified atom stereocenters. The first-order valence-corrected chi connectivity index (χ1v) is 11.4. The lowest BCUT2D eigenvalue weighted by molar-refractivity contribution is -0.120. The monoisotopic (exact) mass is 462 g/mol. The fraction of sp³-hybridized carbons (Fsp3) is 0.412. The summed E-state index contributed by atoms with van der Waals surface area (Å²) in [7, 11) is -2.42. The number of halogens is 2. The van der Waals surface area contributed by atoms with Crippen molar-refractivity contribution in [3.05, 3.63) is 45.6 Å². The van der Waals surface area contributed by atoms with Gasteiger partial charge in [-0.2, -0.15) is 17.4 Å². The predicted molar refractivity (Wildman–Crippen MR) is 109 cm³/mol. The highest BCUT2D eigenvalue weighted by Crippen LogP contribution is 2.31. The van der Waals surface area contributed by atoms with Crippen LogP contribution in [0.5, 0.6) is 0 Å². The fourth-order valence-electron chi connectivity index (χ4n) is 3.04. The second-order valence-corrected chi connectivity index (χ2v) is 9.36. The van der Waals surface area contributed by atoms with Gasteiger partial charge in [0.1, 0.15) is 16.9 Å². The Balaban J connectivity index is 1.85. The molecular weight excluding hydrogens is 443 g/mol. The maximum Gasteiger partial charge on any atom is 0.280 e. The average Bonchev–Trinajstić information content (AvgIpc) is 3.20. The van der Waals surface area contributed by atoms with Crippen LogP contribution in [0, 0.1) is 5.82 Å². The number of carbonyl (C=O) groups excluding carboxylic acids is 1. The molecule has 1 aromatic heterocycles. The van der Waals surface area contributed by atoms with Gasteiger partial charge in [0.05, 0.1) is 11.1 Å². The normalized spacial score (nSPS) is 21.8. The number of rotatable bonds is 7. The number of nitrogens with one attached hydrogen (secondary N) is 2. The van der Waals surface area contributed by atoms with Gasteiger partial charge in [0.15, 0.2) is 0 Å². The highest BCUT2D eigenvalue weighted by Gasteiger charge is 2.43. The molecule has 1 aliphatic heterocycles. The molecule has 1 saturated heterocycles. The molecule has 29 heavy (non-hydrogen) atoms. The minimum atomic E-state index is -3.93. The Morgan fingerprint density at radius 1 is 1.52 bits per heavy atom. The van der Waals surface area contributed by atoms with E-state index in [1.165, 1.54) is 30.6 Å². The molecular formula is C17H20ClFN4O4S2. The van der Waals surface area contributed by atoms with Crippen molar-refractivity contribution in [2.45, 2.75) is 24.9 Å². The molecule has 1 aliphatic rings. The Labute approximate surface area is 177 Å². The molecule has 0 bridgehead atoms. The van der Waals surface area contributed by atoms with E-state index in [1.807, 2.05) is 0 Å². The number of aromatic nitrogens is 1. The summed E-state index contributed by atoms with van der Waals surface area (Å²) >= 11 is 7.08. The van der Waals surface area contributed by atoms with Crippen LogP contribution in [0.2, 0.25) is 5.02 Å². The van der Waals surface area contributed by atoms with Gasteiger partial charge in [-0.3, -0.25) is 4.79 Å². The zero-order valence-electron chi connectivity index (χ0n) is 15.5. The maximum absolute atomic E-state index is 13.4. The van der Waals surface area contributed by atoms with Crippen molar-refractivity contribution in [1.82, 2.24) is 14.0 Å². The number of amides is 1. The molecule has 1 aromatic carbocycles. The van der Waals surface area contributed by atoms with Crippen LogP contribution >= 0.6 is 22.9 Å². The largest absolute Gasteiger partial charge is 0.385 e. The van der Waals surface area contributed by atoms with Crippen LogP contribution in [0.25, 0.3) is 0 Å². The summed E-state index contributed by atoms with van der Waals surface area (Å²) in [6.45, 7) is 0.458. The topological polar surface area (TPSA) is 101 Å². The molecule has 1 fully saturated rings. The van der Waals surface area contributed by atoms with Gasteiger partial charge in [0.2, 0.25) is 5.91 Å². The lowest BCUT2D eigenvalue weighted by Gasteiger charge is -2.37. The molecule has 0 saturated carbocycles. The minimum absolute atomic E-state index is 0.107. The number of ether oxygens (including phenoxy) is 1. The second-order valence-electron chi connectivity index (χ2n) is 6.37. The van der Waals surface area contributed by atoms with Crippen LogP contribution in [0.3, 0.4) is 0 Å². The van der Waals surface area contributed by atoms with E-state index in [9.17, 15) is 17.6 Å². The number of benzene rings is 1. The van der Waals surface area contributed by atoms with Gasteiger partial charge in [0, 0.05) is 37.5 Å². The number of carbonyl (C=O) groups is 1. The summed E-state index contributed by atoms with van der Waals surface area (Å²) in [6.07, 6.45) is 2.20. The zero-order chi connectivity index (χ0) is 21.0. The fourth-order valence-corrected chi connectivity index (χ4v) is 5.59. The van der Waals surface area contributed by atoms with Gasteiger partial charge >= 0.3 is 0 Å². The van der Waals surface area contributed by atoms with E-state index in [0.717, 1.165) is 10.4 Å². The van der Waals surface area contributed by atoms with Crippen molar-refractivity contribution < 1.29 is 22.3 Å². The third-order valence-electron chi connectivity index (χ3n) is 4.37. The standard InChI is InChI=1S/C17H20ClFN4O4S2/c1-27-7-2-6-23-15(16(24)21-11-3-4-13(19)12(18)9-11)10-14(22-29(23,25)26)17-20-5-8-28-17/h3-5,8-9,14-15,22H,2,6-7,10H2,1H3,(H,21,24)/t14-,15+/m0/s1. The molecule has 0 spiro atoms. The summed E-state index contributed by atoms with van der Waals surface area (Å²) < 4.78 is 47.8.